The number of nitrogens with zero attached hydrogens (tertiary/aromatic N) is 5. The number of nitro groups is 1. The quantitative estimate of drug-likeness (QED) is 0.657. The summed E-state index contributed by atoms with van der Waals surface area (Å²) in [4.78, 5) is 23.9. The Bertz CT molecular complexity index is 744. The van der Waals surface area contributed by atoms with Gasteiger partial charge in [-0.15, -0.1) is 0 Å². The van der Waals surface area contributed by atoms with Gasteiger partial charge in [-0.25, -0.2) is 4.98 Å². The minimum atomic E-state index is -0.388. The molecule has 1 aromatic heterocycles. The molecular weight excluding hydrogens is 320 g/mol. The molecule has 132 valence electrons. The lowest BCUT2D eigenvalue weighted by Crippen LogP contribution is -2.46. The number of anilines is 2. The van der Waals surface area contributed by atoms with Crippen molar-refractivity contribution in [2.45, 2.75) is 13.5 Å². The Kier molecular flexibility index (Phi) is 5.08. The van der Waals surface area contributed by atoms with Crippen molar-refractivity contribution in [2.24, 2.45) is 0 Å². The number of hydrogen-bond acceptors (Lipinski definition) is 7. The first-order valence-electron chi connectivity index (χ1n) is 8.30. The monoisotopic (exact) mass is 342 g/mol. The van der Waals surface area contributed by atoms with E-state index in [-0.39, 0.29) is 10.6 Å². The lowest BCUT2D eigenvalue weighted by molar-refractivity contribution is -0.385. The molecule has 1 N–H and O–H groups in total. The summed E-state index contributed by atoms with van der Waals surface area (Å²) in [5, 5.41) is 14.3. The Hall–Kier alpha value is -2.74. The van der Waals surface area contributed by atoms with Gasteiger partial charge in [0, 0.05) is 39.8 Å². The average Bonchev–Trinajstić information content (AvgIpc) is 2.62. The molecule has 1 aliphatic heterocycles. The molecule has 1 fully saturated rings. The molecule has 3 rings (SSSR count). The molecule has 1 aromatic carbocycles. The molecule has 2 aromatic rings. The second kappa shape index (κ2) is 7.43. The third-order valence-corrected chi connectivity index (χ3v) is 4.37. The lowest BCUT2D eigenvalue weighted by atomic mass is 10.2. The minimum absolute atomic E-state index is 0.00416. The van der Waals surface area contributed by atoms with Gasteiger partial charge in [0.05, 0.1) is 4.92 Å². The zero-order valence-corrected chi connectivity index (χ0v) is 14.5. The molecule has 0 atom stereocenters. The molecule has 0 aliphatic carbocycles. The van der Waals surface area contributed by atoms with Crippen molar-refractivity contribution >= 4 is 17.5 Å². The van der Waals surface area contributed by atoms with Gasteiger partial charge in [-0.05, 0) is 12.5 Å². The number of benzene rings is 1. The van der Waals surface area contributed by atoms with Crippen LogP contribution in [0.2, 0.25) is 0 Å². The van der Waals surface area contributed by atoms with Crippen LogP contribution in [-0.4, -0.2) is 53.0 Å². The van der Waals surface area contributed by atoms with Crippen LogP contribution in [0.1, 0.15) is 11.3 Å². The molecule has 0 unspecified atom stereocenters. The summed E-state index contributed by atoms with van der Waals surface area (Å²) in [6, 6.07) is 10.3. The van der Waals surface area contributed by atoms with Gasteiger partial charge in [-0.3, -0.25) is 15.0 Å². The fourth-order valence-corrected chi connectivity index (χ4v) is 3.06. The first-order valence-corrected chi connectivity index (χ1v) is 8.30. The summed E-state index contributed by atoms with van der Waals surface area (Å²) < 4.78 is 0. The summed E-state index contributed by atoms with van der Waals surface area (Å²) in [6.07, 6.45) is 0. The maximum atomic E-state index is 11.5. The molecule has 0 radical (unpaired) electrons. The fourth-order valence-electron chi connectivity index (χ4n) is 3.06. The standard InChI is InChI=1S/C17H22N6O2/c1-13-15(23(24)25)16(20-17(18-2)19-13)22-10-8-21(9-11-22)12-14-6-4-3-5-7-14/h3-7H,8-12H2,1-2H3,(H,18,19,20). The van der Waals surface area contributed by atoms with E-state index in [0.29, 0.717) is 30.5 Å². The highest BCUT2D eigenvalue weighted by atomic mass is 16.6. The van der Waals surface area contributed by atoms with Crippen LogP contribution >= 0.6 is 0 Å². The van der Waals surface area contributed by atoms with Gasteiger partial charge in [0.1, 0.15) is 5.69 Å². The summed E-state index contributed by atoms with van der Waals surface area (Å²) in [5.41, 5.74) is 1.65. The maximum absolute atomic E-state index is 11.5. The molecule has 0 saturated carbocycles. The largest absolute Gasteiger partial charge is 0.357 e. The highest BCUT2D eigenvalue weighted by Gasteiger charge is 2.28. The van der Waals surface area contributed by atoms with Gasteiger partial charge in [0.25, 0.3) is 0 Å². The molecule has 2 heterocycles. The zero-order valence-electron chi connectivity index (χ0n) is 14.5. The normalized spacial score (nSPS) is 15.2. The van der Waals surface area contributed by atoms with Crippen LogP contribution in [0.5, 0.6) is 0 Å². The van der Waals surface area contributed by atoms with Crippen LogP contribution in [0.4, 0.5) is 17.5 Å². The van der Waals surface area contributed by atoms with Crippen molar-refractivity contribution in [1.82, 2.24) is 14.9 Å². The lowest BCUT2D eigenvalue weighted by Gasteiger charge is -2.35. The van der Waals surface area contributed by atoms with Crippen LogP contribution in [0, 0.1) is 17.0 Å². The fraction of sp³-hybridized carbons (Fsp3) is 0.412. The van der Waals surface area contributed by atoms with E-state index in [1.54, 1.807) is 14.0 Å². The molecular formula is C17H22N6O2. The SMILES string of the molecule is CNc1nc(C)c([N+](=O)[O-])c(N2CCN(Cc3ccccc3)CC2)n1. The van der Waals surface area contributed by atoms with E-state index < -0.39 is 0 Å². The van der Waals surface area contributed by atoms with Crippen molar-refractivity contribution in [3.8, 4) is 0 Å². The predicted octanol–water partition coefficient (Wildman–Crippen LogP) is 2.06. The van der Waals surface area contributed by atoms with Crippen LogP contribution in [0.15, 0.2) is 30.3 Å². The summed E-state index contributed by atoms with van der Waals surface area (Å²) in [6.45, 7) is 5.62. The summed E-state index contributed by atoms with van der Waals surface area (Å²) in [7, 11) is 1.71. The molecule has 1 aliphatic rings. The first kappa shape index (κ1) is 17.1. The predicted molar refractivity (Wildman–Crippen MR) is 96.9 cm³/mol. The van der Waals surface area contributed by atoms with Crippen molar-refractivity contribution in [2.75, 3.05) is 43.4 Å². The highest BCUT2D eigenvalue weighted by Crippen LogP contribution is 2.30. The van der Waals surface area contributed by atoms with Crippen LogP contribution in [-0.2, 0) is 6.54 Å². The van der Waals surface area contributed by atoms with Gasteiger partial charge < -0.3 is 10.2 Å². The maximum Gasteiger partial charge on any atom is 0.332 e. The molecule has 0 spiro atoms. The highest BCUT2D eigenvalue weighted by molar-refractivity contribution is 5.62. The third kappa shape index (κ3) is 3.85. The Balaban J connectivity index is 1.74. The minimum Gasteiger partial charge on any atom is -0.357 e. The van der Waals surface area contributed by atoms with Crippen LogP contribution < -0.4 is 10.2 Å². The van der Waals surface area contributed by atoms with E-state index in [0.717, 1.165) is 19.6 Å². The molecule has 0 bridgehead atoms. The Morgan fingerprint density at radius 2 is 1.84 bits per heavy atom. The van der Waals surface area contributed by atoms with Crippen molar-refractivity contribution in [3.05, 3.63) is 51.7 Å². The van der Waals surface area contributed by atoms with Crippen LogP contribution in [0.3, 0.4) is 0 Å². The number of hydrogen-bond donors (Lipinski definition) is 1. The summed E-state index contributed by atoms with van der Waals surface area (Å²) in [5.74, 6) is 0.811. The Morgan fingerprint density at radius 1 is 1.16 bits per heavy atom. The van der Waals surface area contributed by atoms with E-state index >= 15 is 0 Å². The van der Waals surface area contributed by atoms with E-state index in [1.165, 1.54) is 5.56 Å². The molecule has 1 saturated heterocycles. The first-order chi connectivity index (χ1) is 12.1. The second-order valence-electron chi connectivity index (χ2n) is 6.06. The van der Waals surface area contributed by atoms with Gasteiger partial charge in [-0.2, -0.15) is 4.98 Å². The van der Waals surface area contributed by atoms with Crippen molar-refractivity contribution < 1.29 is 4.92 Å². The van der Waals surface area contributed by atoms with Crippen molar-refractivity contribution in [3.63, 3.8) is 0 Å². The van der Waals surface area contributed by atoms with E-state index in [4.69, 9.17) is 0 Å². The van der Waals surface area contributed by atoms with E-state index in [1.807, 2.05) is 23.1 Å². The number of aryl methyl sites for hydroxylation is 1. The van der Waals surface area contributed by atoms with Gasteiger partial charge in [0.15, 0.2) is 0 Å². The van der Waals surface area contributed by atoms with E-state index in [2.05, 4.69) is 32.3 Å². The third-order valence-electron chi connectivity index (χ3n) is 4.37. The number of rotatable bonds is 5. The van der Waals surface area contributed by atoms with Gasteiger partial charge in [-0.1, -0.05) is 30.3 Å². The molecule has 8 nitrogen and oxygen atoms in total. The van der Waals surface area contributed by atoms with Gasteiger partial charge >= 0.3 is 5.69 Å². The molecule has 8 heteroatoms. The van der Waals surface area contributed by atoms with Gasteiger partial charge in [0.2, 0.25) is 11.8 Å². The van der Waals surface area contributed by atoms with Crippen LogP contribution in [0.25, 0.3) is 0 Å². The van der Waals surface area contributed by atoms with E-state index in [9.17, 15) is 10.1 Å². The summed E-state index contributed by atoms with van der Waals surface area (Å²) >= 11 is 0. The molecule has 0 amide bonds. The topological polar surface area (TPSA) is 87.4 Å². The number of piperazine rings is 1. The smallest absolute Gasteiger partial charge is 0.332 e. The second-order valence-corrected chi connectivity index (χ2v) is 6.06. The van der Waals surface area contributed by atoms with Crippen molar-refractivity contribution in [1.29, 1.82) is 0 Å². The Morgan fingerprint density at radius 3 is 2.44 bits per heavy atom. The number of nitrogens with one attached hydrogen (secondary N) is 1. The zero-order chi connectivity index (χ0) is 17.8. The average molecular weight is 342 g/mol. The Labute approximate surface area is 146 Å². The number of aromatic nitrogens is 2. The molecule has 25 heavy (non-hydrogen) atoms.